The lowest BCUT2D eigenvalue weighted by molar-refractivity contribution is 0.0548. The van der Waals surface area contributed by atoms with Gasteiger partial charge in [0.1, 0.15) is 0 Å². The van der Waals surface area contributed by atoms with E-state index in [2.05, 4.69) is 5.92 Å². The highest BCUT2D eigenvalue weighted by molar-refractivity contribution is 6.34. The minimum absolute atomic E-state index is 0.570. The van der Waals surface area contributed by atoms with E-state index in [0.29, 0.717) is 15.6 Å². The minimum atomic E-state index is 0.570. The highest BCUT2D eigenvalue weighted by atomic mass is 35.5. The third-order valence-electron chi connectivity index (χ3n) is 3.51. The Hall–Kier alpha value is -0.640. The maximum absolute atomic E-state index is 5.65. The Balaban J connectivity index is 0.000000134. The van der Waals surface area contributed by atoms with Crippen molar-refractivity contribution in [3.05, 3.63) is 33.8 Å². The van der Waals surface area contributed by atoms with E-state index in [1.807, 2.05) is 0 Å². The van der Waals surface area contributed by atoms with Crippen molar-refractivity contribution in [2.45, 2.75) is 25.7 Å². The maximum atomic E-state index is 5.65. The number of halogens is 2. The minimum Gasteiger partial charge on any atom is -0.115 e. The van der Waals surface area contributed by atoms with Gasteiger partial charge in [-0.3, -0.25) is 0 Å². The molecule has 0 radical (unpaired) electrons. The predicted molar refractivity (Wildman–Crippen MR) is 69.8 cm³/mol. The van der Waals surface area contributed by atoms with Crippen LogP contribution in [-0.4, -0.2) is 0 Å². The van der Waals surface area contributed by atoms with Gasteiger partial charge in [-0.1, -0.05) is 29.1 Å². The van der Waals surface area contributed by atoms with Crippen molar-refractivity contribution in [3.63, 3.8) is 0 Å². The second-order valence-corrected chi connectivity index (χ2v) is 5.35. The Morgan fingerprint density at radius 3 is 1.62 bits per heavy atom. The Labute approximate surface area is 107 Å². The molecule has 1 aromatic rings. The molecule has 2 aliphatic carbocycles. The van der Waals surface area contributed by atoms with Crippen LogP contribution in [0, 0.1) is 24.2 Å². The summed E-state index contributed by atoms with van der Waals surface area (Å²) < 4.78 is 0. The van der Waals surface area contributed by atoms with Gasteiger partial charge in [-0.15, -0.1) is 6.42 Å². The normalized spacial score (nSPS) is 25.1. The summed E-state index contributed by atoms with van der Waals surface area (Å²) in [6.07, 6.45) is 11.4. The van der Waals surface area contributed by atoms with E-state index in [-0.39, 0.29) is 0 Å². The smallest absolute Gasteiger partial charge is 0.0433 e. The molecule has 84 valence electrons. The van der Waals surface area contributed by atoms with Gasteiger partial charge in [0.2, 0.25) is 0 Å². The van der Waals surface area contributed by atoms with E-state index >= 15 is 0 Å². The number of fused-ring (bicyclic) bond motifs is 1. The van der Waals surface area contributed by atoms with Crippen LogP contribution >= 0.6 is 23.2 Å². The number of hydrogen-bond donors (Lipinski definition) is 0. The Morgan fingerprint density at radius 1 is 0.938 bits per heavy atom. The molecule has 0 atom stereocenters. The van der Waals surface area contributed by atoms with Gasteiger partial charge in [-0.2, -0.15) is 0 Å². The maximum Gasteiger partial charge on any atom is 0.0433 e. The summed E-state index contributed by atoms with van der Waals surface area (Å²) >= 11 is 11.3. The third-order valence-corrected chi connectivity index (χ3v) is 3.95. The summed E-state index contributed by atoms with van der Waals surface area (Å²) in [5.41, 5.74) is 0.706. The summed E-state index contributed by atoms with van der Waals surface area (Å²) in [5.74, 6) is 4.87. The van der Waals surface area contributed by atoms with Crippen LogP contribution in [0.3, 0.4) is 0 Å². The lowest BCUT2D eigenvalue weighted by Crippen LogP contribution is -2.34. The molecule has 0 N–H and O–H groups in total. The summed E-state index contributed by atoms with van der Waals surface area (Å²) in [4.78, 5) is 0. The topological polar surface area (TPSA) is 0 Å². The fourth-order valence-corrected chi connectivity index (χ4v) is 2.73. The Morgan fingerprint density at radius 2 is 1.38 bits per heavy atom. The van der Waals surface area contributed by atoms with Gasteiger partial charge in [-0.05, 0) is 55.7 Å². The van der Waals surface area contributed by atoms with Crippen molar-refractivity contribution >= 4 is 23.2 Å². The average Bonchev–Trinajstić information content (AvgIpc) is 2.23. The average molecular weight is 253 g/mol. The van der Waals surface area contributed by atoms with Crippen molar-refractivity contribution < 1.29 is 0 Å². The zero-order valence-corrected chi connectivity index (χ0v) is 10.6. The van der Waals surface area contributed by atoms with E-state index in [4.69, 9.17) is 29.6 Å². The third kappa shape index (κ3) is 2.73. The van der Waals surface area contributed by atoms with Gasteiger partial charge >= 0.3 is 0 Å². The fourth-order valence-electron chi connectivity index (χ4n) is 2.20. The van der Waals surface area contributed by atoms with Crippen molar-refractivity contribution in [1.29, 1.82) is 0 Å². The summed E-state index contributed by atoms with van der Waals surface area (Å²) in [6.45, 7) is 0. The van der Waals surface area contributed by atoms with Crippen molar-refractivity contribution in [2.75, 3.05) is 0 Å². The molecular formula is C14H14Cl2. The van der Waals surface area contributed by atoms with Crippen molar-refractivity contribution in [1.82, 2.24) is 0 Å². The fraction of sp³-hybridized carbons (Fsp3) is 0.429. The molecule has 2 saturated carbocycles. The second-order valence-electron chi connectivity index (χ2n) is 4.48. The van der Waals surface area contributed by atoms with Crippen LogP contribution in [0.1, 0.15) is 31.2 Å². The van der Waals surface area contributed by atoms with Gasteiger partial charge in [0.25, 0.3) is 0 Å². The van der Waals surface area contributed by atoms with Crippen LogP contribution < -0.4 is 0 Å². The zero-order valence-electron chi connectivity index (χ0n) is 9.05. The van der Waals surface area contributed by atoms with E-state index < -0.39 is 0 Å². The standard InChI is InChI=1S/C8H4Cl2.C6H10/c1-2-6-3-7(9)5-8(10)4-6;1-2-6-4-3-5(1)6/h1,3-5H;5-6H,1-4H2. The predicted octanol–water partition coefficient (Wildman–Crippen LogP) is 4.78. The molecule has 1 aromatic carbocycles. The summed E-state index contributed by atoms with van der Waals surface area (Å²) in [5, 5.41) is 1.14. The molecule has 2 aliphatic rings. The van der Waals surface area contributed by atoms with Gasteiger partial charge in [0.15, 0.2) is 0 Å². The van der Waals surface area contributed by atoms with E-state index in [1.54, 1.807) is 43.9 Å². The first-order valence-corrected chi connectivity index (χ1v) is 6.37. The molecule has 0 nitrogen and oxygen atoms in total. The molecule has 3 rings (SSSR count). The first kappa shape index (κ1) is 11.8. The van der Waals surface area contributed by atoms with Gasteiger partial charge < -0.3 is 0 Å². The first-order chi connectivity index (χ1) is 7.69. The Kier molecular flexibility index (Phi) is 3.79. The van der Waals surface area contributed by atoms with Crippen LogP contribution in [0.5, 0.6) is 0 Å². The molecule has 0 heterocycles. The van der Waals surface area contributed by atoms with Crippen molar-refractivity contribution in [2.24, 2.45) is 11.8 Å². The van der Waals surface area contributed by atoms with Crippen LogP contribution in [0.25, 0.3) is 0 Å². The molecule has 0 aliphatic heterocycles. The second kappa shape index (κ2) is 5.13. The summed E-state index contributed by atoms with van der Waals surface area (Å²) in [7, 11) is 0. The molecule has 2 fully saturated rings. The molecule has 0 spiro atoms. The molecule has 2 heteroatoms. The first-order valence-electron chi connectivity index (χ1n) is 5.62. The lowest BCUT2D eigenvalue weighted by Gasteiger charge is -2.46. The molecule has 0 bridgehead atoms. The van der Waals surface area contributed by atoms with E-state index in [0.717, 1.165) is 0 Å². The largest absolute Gasteiger partial charge is 0.115 e. The highest BCUT2D eigenvalue weighted by Gasteiger charge is 2.37. The number of terminal acetylenes is 1. The van der Waals surface area contributed by atoms with Crippen LogP contribution in [0.2, 0.25) is 10.0 Å². The summed E-state index contributed by atoms with van der Waals surface area (Å²) in [6, 6.07) is 5.02. The van der Waals surface area contributed by atoms with E-state index in [9.17, 15) is 0 Å². The van der Waals surface area contributed by atoms with Crippen LogP contribution in [-0.2, 0) is 0 Å². The molecule has 0 unspecified atom stereocenters. The monoisotopic (exact) mass is 252 g/mol. The molecule has 0 amide bonds. The molecule has 16 heavy (non-hydrogen) atoms. The Bertz CT molecular complexity index is 379. The number of rotatable bonds is 0. The molecular weight excluding hydrogens is 239 g/mol. The molecule has 0 saturated heterocycles. The van der Waals surface area contributed by atoms with Crippen LogP contribution in [0.4, 0.5) is 0 Å². The zero-order chi connectivity index (χ0) is 11.5. The lowest BCUT2D eigenvalue weighted by atomic mass is 9.60. The number of hydrogen-bond acceptors (Lipinski definition) is 0. The number of benzene rings is 1. The van der Waals surface area contributed by atoms with Crippen LogP contribution in [0.15, 0.2) is 18.2 Å². The van der Waals surface area contributed by atoms with E-state index in [1.165, 1.54) is 11.8 Å². The highest BCUT2D eigenvalue weighted by Crippen LogP contribution is 2.49. The molecule has 0 aromatic heterocycles. The SMILES string of the molecule is C#Cc1cc(Cl)cc(Cl)c1.C1CC2CCC12. The quantitative estimate of drug-likeness (QED) is 0.583. The van der Waals surface area contributed by atoms with Gasteiger partial charge in [0.05, 0.1) is 0 Å². The van der Waals surface area contributed by atoms with Gasteiger partial charge in [-0.25, -0.2) is 0 Å². The van der Waals surface area contributed by atoms with Gasteiger partial charge in [0, 0.05) is 15.6 Å². The van der Waals surface area contributed by atoms with Crippen molar-refractivity contribution in [3.8, 4) is 12.3 Å².